The van der Waals surface area contributed by atoms with E-state index >= 15 is 0 Å². The Bertz CT molecular complexity index is 1460. The van der Waals surface area contributed by atoms with E-state index in [1.54, 1.807) is 36.0 Å². The molecule has 202 valence electrons. The van der Waals surface area contributed by atoms with Crippen molar-refractivity contribution in [2.45, 2.75) is 6.42 Å². The number of likely N-dealkylation sites (tertiary alicyclic amines) is 1. The van der Waals surface area contributed by atoms with Gasteiger partial charge in [-0.1, -0.05) is 0 Å². The Hall–Kier alpha value is -3.90. The number of thiazole rings is 1. The number of aromatic amines is 1. The summed E-state index contributed by atoms with van der Waals surface area (Å²) >= 11 is 1.59. The maximum atomic E-state index is 14.4. The van der Waals surface area contributed by atoms with Gasteiger partial charge < -0.3 is 15.1 Å². The molecule has 0 spiro atoms. The predicted molar refractivity (Wildman–Crippen MR) is 148 cm³/mol. The Morgan fingerprint density at radius 2 is 1.90 bits per heavy atom. The van der Waals surface area contributed by atoms with Crippen molar-refractivity contribution in [3.63, 3.8) is 0 Å². The molecule has 0 radical (unpaired) electrons. The van der Waals surface area contributed by atoms with Crippen LogP contribution in [0.2, 0.25) is 0 Å². The first-order valence-corrected chi connectivity index (χ1v) is 13.8. The topological polar surface area (TPSA) is 110 Å². The molecular formula is C27H29FN8O2S. The van der Waals surface area contributed by atoms with Crippen molar-refractivity contribution in [3.8, 4) is 11.3 Å². The molecule has 0 aliphatic carbocycles. The molecule has 2 saturated heterocycles. The molecule has 1 aromatic carbocycles. The molecule has 1 atom stereocenters. The van der Waals surface area contributed by atoms with Crippen molar-refractivity contribution in [3.05, 3.63) is 54.3 Å². The lowest BCUT2D eigenvalue weighted by molar-refractivity contribution is -0.133. The minimum atomic E-state index is -1.19. The van der Waals surface area contributed by atoms with Gasteiger partial charge in [0.25, 0.3) is 0 Å². The van der Waals surface area contributed by atoms with Crippen LogP contribution < -0.4 is 10.2 Å². The summed E-state index contributed by atoms with van der Waals surface area (Å²) in [6, 6.07) is 9.21. The van der Waals surface area contributed by atoms with Crippen LogP contribution in [0.3, 0.4) is 0 Å². The molecule has 2 N–H and O–H groups in total. The van der Waals surface area contributed by atoms with E-state index in [0.29, 0.717) is 31.7 Å². The largest absolute Gasteiger partial charge is 0.345 e. The SMILES string of the molecule is O=C(CN1CCC(CF)(C(=O)Nc2ccc3[nH]nc(-c4ccncc4)c3c2)C1)N1CCN(c2nccs2)CC1. The number of halogens is 1. The highest BCUT2D eigenvalue weighted by Crippen LogP contribution is 2.34. The number of rotatable bonds is 7. The summed E-state index contributed by atoms with van der Waals surface area (Å²) in [7, 11) is 0. The molecular weight excluding hydrogens is 519 g/mol. The first kappa shape index (κ1) is 25.4. The summed E-state index contributed by atoms with van der Waals surface area (Å²) in [5.74, 6) is -0.358. The predicted octanol–water partition coefficient (Wildman–Crippen LogP) is 3.03. The lowest BCUT2D eigenvalue weighted by atomic mass is 9.87. The molecule has 39 heavy (non-hydrogen) atoms. The number of fused-ring (bicyclic) bond motifs is 1. The summed E-state index contributed by atoms with van der Waals surface area (Å²) in [6.45, 7) is 2.82. The Balaban J connectivity index is 1.08. The number of hydrogen-bond donors (Lipinski definition) is 2. The van der Waals surface area contributed by atoms with E-state index in [1.165, 1.54) is 0 Å². The molecule has 0 saturated carbocycles. The number of piperazine rings is 1. The van der Waals surface area contributed by atoms with E-state index in [-0.39, 0.29) is 24.9 Å². The lowest BCUT2D eigenvalue weighted by Gasteiger charge is -2.35. The number of carbonyl (C=O) groups excluding carboxylic acids is 2. The van der Waals surface area contributed by atoms with Crippen molar-refractivity contribution in [2.75, 3.05) is 62.7 Å². The molecule has 10 nitrogen and oxygen atoms in total. The number of pyridine rings is 1. The molecule has 4 aromatic rings. The lowest BCUT2D eigenvalue weighted by Crippen LogP contribution is -2.51. The van der Waals surface area contributed by atoms with Crippen LogP contribution in [0.1, 0.15) is 6.42 Å². The van der Waals surface area contributed by atoms with Gasteiger partial charge in [0.05, 0.1) is 17.5 Å². The van der Waals surface area contributed by atoms with Crippen LogP contribution in [-0.2, 0) is 9.59 Å². The zero-order chi connectivity index (χ0) is 26.8. The molecule has 3 aromatic heterocycles. The zero-order valence-corrected chi connectivity index (χ0v) is 22.2. The second-order valence-corrected chi connectivity index (χ2v) is 11.0. The number of aromatic nitrogens is 4. The summed E-state index contributed by atoms with van der Waals surface area (Å²) in [4.78, 5) is 40.7. The van der Waals surface area contributed by atoms with Crippen LogP contribution in [0.5, 0.6) is 0 Å². The van der Waals surface area contributed by atoms with Gasteiger partial charge in [-0.2, -0.15) is 5.10 Å². The minimum Gasteiger partial charge on any atom is -0.345 e. The molecule has 5 heterocycles. The van der Waals surface area contributed by atoms with Gasteiger partial charge in [0.2, 0.25) is 11.8 Å². The van der Waals surface area contributed by atoms with Crippen molar-refractivity contribution >= 4 is 44.9 Å². The Labute approximate surface area is 228 Å². The van der Waals surface area contributed by atoms with Crippen molar-refractivity contribution in [2.24, 2.45) is 5.41 Å². The standard InChI is InChI=1S/C27H29FN8O2S/c28-17-27(5-9-34(18-27)16-23(37)35-10-12-36(13-11-35)26-30-8-14-39-26)25(38)31-20-1-2-22-21(15-20)24(33-32-22)19-3-6-29-7-4-19/h1-4,6-8,14-15H,5,9-13,16-18H2,(H,31,38)(H,32,33). The van der Waals surface area contributed by atoms with E-state index in [0.717, 1.165) is 40.4 Å². The molecule has 2 aliphatic heterocycles. The number of nitrogens with one attached hydrogen (secondary N) is 2. The average molecular weight is 549 g/mol. The Morgan fingerprint density at radius 3 is 2.64 bits per heavy atom. The number of alkyl halides is 1. The molecule has 12 heteroatoms. The van der Waals surface area contributed by atoms with Crippen LogP contribution in [0.25, 0.3) is 22.2 Å². The summed E-state index contributed by atoms with van der Waals surface area (Å²) < 4.78 is 14.4. The second kappa shape index (κ2) is 10.7. The van der Waals surface area contributed by atoms with E-state index in [1.807, 2.05) is 39.4 Å². The van der Waals surface area contributed by atoms with Gasteiger partial charge in [-0.3, -0.25) is 24.6 Å². The molecule has 2 amide bonds. The van der Waals surface area contributed by atoms with Crippen LogP contribution in [0.15, 0.2) is 54.3 Å². The number of nitrogens with zero attached hydrogens (tertiary/aromatic N) is 6. The third-order valence-electron chi connectivity index (χ3n) is 7.63. The maximum absolute atomic E-state index is 14.4. The quantitative estimate of drug-likeness (QED) is 0.365. The van der Waals surface area contributed by atoms with E-state index in [9.17, 15) is 14.0 Å². The van der Waals surface area contributed by atoms with Crippen molar-refractivity contribution in [1.29, 1.82) is 0 Å². The van der Waals surface area contributed by atoms with E-state index in [4.69, 9.17) is 0 Å². The van der Waals surface area contributed by atoms with E-state index in [2.05, 4.69) is 30.4 Å². The Kier molecular flexibility index (Phi) is 6.96. The van der Waals surface area contributed by atoms with Gasteiger partial charge in [0, 0.05) is 73.3 Å². The van der Waals surface area contributed by atoms with Crippen LogP contribution in [-0.4, -0.2) is 94.3 Å². The summed E-state index contributed by atoms with van der Waals surface area (Å²) in [6.07, 6.45) is 5.54. The number of benzene rings is 1. The fourth-order valence-corrected chi connectivity index (χ4v) is 6.04. The van der Waals surface area contributed by atoms with Crippen molar-refractivity contribution in [1.82, 2.24) is 30.0 Å². The maximum Gasteiger partial charge on any atom is 0.236 e. The van der Waals surface area contributed by atoms with Crippen molar-refractivity contribution < 1.29 is 14.0 Å². The number of amides is 2. The fourth-order valence-electron chi connectivity index (χ4n) is 5.34. The smallest absolute Gasteiger partial charge is 0.236 e. The molecule has 2 fully saturated rings. The highest BCUT2D eigenvalue weighted by atomic mass is 32.1. The number of hydrogen-bond acceptors (Lipinski definition) is 8. The van der Waals surface area contributed by atoms with E-state index < -0.39 is 12.1 Å². The normalized spacial score (nSPS) is 20.0. The molecule has 6 rings (SSSR count). The van der Waals surface area contributed by atoms with Crippen LogP contribution in [0, 0.1) is 5.41 Å². The van der Waals surface area contributed by atoms with Gasteiger partial charge in [0.15, 0.2) is 5.13 Å². The van der Waals surface area contributed by atoms with Gasteiger partial charge in [-0.05, 0) is 43.3 Å². The monoisotopic (exact) mass is 548 g/mol. The second-order valence-electron chi connectivity index (χ2n) is 10.1. The summed E-state index contributed by atoms with van der Waals surface area (Å²) in [5, 5.41) is 14.1. The van der Waals surface area contributed by atoms with Gasteiger partial charge in [-0.15, -0.1) is 11.3 Å². The Morgan fingerprint density at radius 1 is 1.08 bits per heavy atom. The third kappa shape index (κ3) is 5.09. The number of carbonyl (C=O) groups is 2. The van der Waals surface area contributed by atoms with Gasteiger partial charge >= 0.3 is 0 Å². The van der Waals surface area contributed by atoms with Gasteiger partial charge in [0.1, 0.15) is 12.4 Å². The highest BCUT2D eigenvalue weighted by molar-refractivity contribution is 7.13. The molecule has 2 aliphatic rings. The first-order valence-electron chi connectivity index (χ1n) is 13.0. The molecule has 1 unspecified atom stereocenters. The highest BCUT2D eigenvalue weighted by Gasteiger charge is 2.45. The van der Waals surface area contributed by atoms with Crippen LogP contribution >= 0.6 is 11.3 Å². The van der Waals surface area contributed by atoms with Crippen LogP contribution in [0.4, 0.5) is 15.2 Å². The first-order chi connectivity index (χ1) is 19.0. The van der Waals surface area contributed by atoms with Gasteiger partial charge in [-0.25, -0.2) is 9.37 Å². The third-order valence-corrected chi connectivity index (χ3v) is 8.46. The summed E-state index contributed by atoms with van der Waals surface area (Å²) in [5.41, 5.74) is 1.87. The molecule has 0 bridgehead atoms. The fraction of sp³-hybridized carbons (Fsp3) is 0.370. The zero-order valence-electron chi connectivity index (χ0n) is 21.3. The number of H-pyrrole nitrogens is 1. The minimum absolute atomic E-state index is 0.0119. The number of anilines is 2. The average Bonchev–Trinajstić information content (AvgIpc) is 3.74.